The van der Waals surface area contributed by atoms with E-state index in [1.165, 1.54) is 6.92 Å². The molecule has 0 aliphatic heterocycles. The van der Waals surface area contributed by atoms with Gasteiger partial charge in [0.15, 0.2) is 0 Å². The van der Waals surface area contributed by atoms with E-state index in [9.17, 15) is 13.2 Å². The van der Waals surface area contributed by atoms with Gasteiger partial charge in [-0.2, -0.15) is 8.42 Å². The van der Waals surface area contributed by atoms with E-state index < -0.39 is 15.4 Å². The van der Waals surface area contributed by atoms with Crippen LogP contribution >= 0.6 is 0 Å². The van der Waals surface area contributed by atoms with Crippen LogP contribution in [0, 0.1) is 0 Å². The molecule has 83 valence electrons. The summed E-state index contributed by atoms with van der Waals surface area (Å²) in [6, 6.07) is 8.20. The summed E-state index contributed by atoms with van der Waals surface area (Å²) in [5, 5.41) is -1.16. The fraction of sp³-hybridized carbons (Fsp3) is 0.300. The molecule has 6 heteroatoms. The largest absolute Gasteiger partial charge is 0.300 e. The monoisotopic (exact) mass is 251 g/mol. The quantitative estimate of drug-likeness (QED) is 0.645. The average Bonchev–Trinajstić information content (AvgIpc) is 2.14. The maximum atomic E-state index is 11.1. The van der Waals surface area contributed by atoms with Crippen molar-refractivity contribution in [3.05, 3.63) is 35.9 Å². The second-order valence-electron chi connectivity index (χ2n) is 3.32. The summed E-state index contributed by atoms with van der Waals surface area (Å²) < 4.78 is 31.1. The minimum absolute atomic E-state index is 0. The molecule has 1 atom stereocenters. The molecule has 0 saturated heterocycles. The van der Waals surface area contributed by atoms with Crippen molar-refractivity contribution >= 4 is 45.5 Å². The van der Waals surface area contributed by atoms with Gasteiger partial charge in [-0.15, -0.1) is 0 Å². The van der Waals surface area contributed by atoms with Crippen LogP contribution < -0.4 is 0 Å². The summed E-state index contributed by atoms with van der Waals surface area (Å²) in [7, 11) is -4.23. The van der Waals surface area contributed by atoms with Crippen molar-refractivity contribution in [1.29, 1.82) is 0 Å². The summed E-state index contributed by atoms with van der Waals surface area (Å²) in [5.74, 6) is -0.276. The van der Waals surface area contributed by atoms with Gasteiger partial charge in [0.1, 0.15) is 11.0 Å². The number of hydrogen-bond acceptors (Lipinski definition) is 3. The summed E-state index contributed by atoms with van der Waals surface area (Å²) >= 11 is 0. The molecule has 1 rings (SSSR count). The molecule has 0 aromatic heterocycles. The summed E-state index contributed by atoms with van der Waals surface area (Å²) in [6.07, 6.45) is -0.206. The van der Waals surface area contributed by atoms with Gasteiger partial charge in [0.2, 0.25) is 0 Å². The fourth-order valence-corrected chi connectivity index (χ4v) is 2.27. The van der Waals surface area contributed by atoms with E-state index in [0.29, 0.717) is 5.56 Å². The molecule has 1 N–H and O–H groups in total. The number of rotatable bonds is 4. The number of benzene rings is 1. The molecule has 0 spiro atoms. The van der Waals surface area contributed by atoms with Crippen LogP contribution in [0.3, 0.4) is 0 Å². The van der Waals surface area contributed by atoms with E-state index in [-0.39, 0.29) is 41.8 Å². The van der Waals surface area contributed by atoms with Gasteiger partial charge in [0.05, 0.1) is 0 Å². The van der Waals surface area contributed by atoms with Gasteiger partial charge in [0, 0.05) is 36.0 Å². The van der Waals surface area contributed by atoms with Gasteiger partial charge >= 0.3 is 0 Å². The van der Waals surface area contributed by atoms with Crippen LogP contribution in [-0.4, -0.2) is 48.3 Å². The van der Waals surface area contributed by atoms with Crippen molar-refractivity contribution < 1.29 is 17.8 Å². The molecule has 0 heterocycles. The number of ketones is 1. The van der Waals surface area contributed by atoms with Gasteiger partial charge in [-0.05, 0) is 12.5 Å². The van der Waals surface area contributed by atoms with E-state index >= 15 is 0 Å². The molecule has 0 saturated carbocycles. The zero-order valence-electron chi connectivity index (χ0n) is 9.25. The Kier molecular flexibility index (Phi) is 6.43. The molecule has 0 fully saturated rings. The van der Waals surface area contributed by atoms with Crippen LogP contribution in [0.25, 0.3) is 0 Å². The Morgan fingerprint density at radius 1 is 1.31 bits per heavy atom. The predicted molar refractivity (Wildman–Crippen MR) is 61.8 cm³/mol. The second-order valence-corrected chi connectivity index (χ2v) is 4.92. The maximum Gasteiger partial charge on any atom is 0.272 e. The number of carbonyl (C=O) groups is 1. The predicted octanol–water partition coefficient (Wildman–Crippen LogP) is 1.21. The zero-order chi connectivity index (χ0) is 11.5. The SMILES string of the molecule is CC(=O)CC(c1ccccc1)S(=O)(=O)O.[Na]. The first-order chi connectivity index (χ1) is 6.91. The molecule has 0 aliphatic rings. The van der Waals surface area contributed by atoms with Crippen LogP contribution in [0.5, 0.6) is 0 Å². The molecule has 1 aromatic rings. The molecule has 0 amide bonds. The molecule has 1 aromatic carbocycles. The van der Waals surface area contributed by atoms with E-state index in [4.69, 9.17) is 4.55 Å². The molecule has 1 radical (unpaired) electrons. The minimum Gasteiger partial charge on any atom is -0.300 e. The fourth-order valence-electron chi connectivity index (χ4n) is 1.32. The maximum absolute atomic E-state index is 11.1. The van der Waals surface area contributed by atoms with Gasteiger partial charge in [-0.25, -0.2) is 0 Å². The van der Waals surface area contributed by atoms with E-state index in [1.807, 2.05) is 0 Å². The molecular formula is C10H12NaO4S. The van der Waals surface area contributed by atoms with Gasteiger partial charge in [-0.1, -0.05) is 30.3 Å². The van der Waals surface area contributed by atoms with Crippen LogP contribution in [-0.2, 0) is 14.9 Å². The second kappa shape index (κ2) is 6.51. The van der Waals surface area contributed by atoms with Gasteiger partial charge in [0.25, 0.3) is 10.1 Å². The Labute approximate surface area is 117 Å². The van der Waals surface area contributed by atoms with E-state index in [0.717, 1.165) is 0 Å². The standard InChI is InChI=1S/C10H12O4S.Na/c1-8(11)7-10(15(12,13)14)9-5-3-2-4-6-9;/h2-6,10H,7H2,1H3,(H,12,13,14);. The van der Waals surface area contributed by atoms with Crippen molar-refractivity contribution in [2.24, 2.45) is 0 Å². The third-order valence-electron chi connectivity index (χ3n) is 2.00. The number of carbonyl (C=O) groups excluding carboxylic acids is 1. The Balaban J connectivity index is 0.00000225. The molecule has 16 heavy (non-hydrogen) atoms. The summed E-state index contributed by atoms with van der Waals surface area (Å²) in [6.45, 7) is 1.29. The number of hydrogen-bond donors (Lipinski definition) is 1. The van der Waals surface area contributed by atoms with Gasteiger partial charge < -0.3 is 0 Å². The third kappa shape index (κ3) is 4.76. The Morgan fingerprint density at radius 3 is 2.19 bits per heavy atom. The normalized spacial score (nSPS) is 12.6. The van der Waals surface area contributed by atoms with Crippen molar-refractivity contribution in [3.8, 4) is 0 Å². The van der Waals surface area contributed by atoms with Gasteiger partial charge in [-0.3, -0.25) is 9.35 Å². The Morgan fingerprint density at radius 2 is 1.81 bits per heavy atom. The van der Waals surface area contributed by atoms with E-state index in [2.05, 4.69) is 0 Å². The Bertz CT molecular complexity index is 441. The Hall–Kier alpha value is -0.200. The molecule has 0 aliphatic carbocycles. The van der Waals surface area contributed by atoms with Crippen molar-refractivity contribution in [3.63, 3.8) is 0 Å². The van der Waals surface area contributed by atoms with Crippen molar-refractivity contribution in [2.75, 3.05) is 0 Å². The molecular weight excluding hydrogens is 239 g/mol. The first kappa shape index (κ1) is 15.8. The summed E-state index contributed by atoms with van der Waals surface area (Å²) in [5.41, 5.74) is 0.426. The first-order valence-corrected chi connectivity index (χ1v) is 5.92. The molecule has 0 bridgehead atoms. The van der Waals surface area contributed by atoms with Crippen LogP contribution in [0.15, 0.2) is 30.3 Å². The van der Waals surface area contributed by atoms with E-state index in [1.54, 1.807) is 30.3 Å². The summed E-state index contributed by atoms with van der Waals surface area (Å²) in [4.78, 5) is 10.9. The average molecular weight is 251 g/mol. The van der Waals surface area contributed by atoms with Crippen LogP contribution in [0.4, 0.5) is 0 Å². The number of Topliss-reactive ketones (excluding diaryl/α,β-unsaturated/α-hetero) is 1. The van der Waals surface area contributed by atoms with Crippen LogP contribution in [0.2, 0.25) is 0 Å². The van der Waals surface area contributed by atoms with Crippen molar-refractivity contribution in [1.82, 2.24) is 0 Å². The first-order valence-electron chi connectivity index (χ1n) is 4.42. The molecule has 1 unspecified atom stereocenters. The topological polar surface area (TPSA) is 71.4 Å². The minimum atomic E-state index is -4.23. The third-order valence-corrected chi connectivity index (χ3v) is 3.16. The molecule has 4 nitrogen and oxygen atoms in total. The van der Waals surface area contributed by atoms with Crippen molar-refractivity contribution in [2.45, 2.75) is 18.6 Å². The smallest absolute Gasteiger partial charge is 0.272 e. The van der Waals surface area contributed by atoms with Crippen LogP contribution in [0.1, 0.15) is 24.2 Å². The zero-order valence-corrected chi connectivity index (χ0v) is 12.1.